The quantitative estimate of drug-likeness (QED) is 0.0222. The van der Waals surface area contributed by atoms with Crippen LogP contribution in [-0.2, 0) is 65.4 Å². The zero-order valence-corrected chi connectivity index (χ0v) is 75.9. The summed E-state index contributed by atoms with van der Waals surface area (Å²) in [5, 5.41) is 10.7. The third kappa shape index (κ3) is 84.5. The number of aliphatic hydroxyl groups is 1. The number of carbonyl (C=O) groups excluding carboxylic acids is 4. The van der Waals surface area contributed by atoms with Crippen molar-refractivity contribution in [1.29, 1.82) is 0 Å². The van der Waals surface area contributed by atoms with E-state index in [2.05, 4.69) is 48.5 Å². The largest absolute Gasteiger partial charge is 0.472 e. The molecule has 0 aromatic heterocycles. The monoisotopic (exact) mass is 1630 g/mol. The molecule has 17 nitrogen and oxygen atoms in total. The molecule has 0 saturated carbocycles. The lowest BCUT2D eigenvalue weighted by Crippen LogP contribution is -2.30. The van der Waals surface area contributed by atoms with E-state index >= 15 is 0 Å². The van der Waals surface area contributed by atoms with E-state index in [1.54, 1.807) is 0 Å². The number of aliphatic hydroxyl groups excluding tert-OH is 1. The molecular weight excluding hydrogens is 1450 g/mol. The van der Waals surface area contributed by atoms with Crippen LogP contribution in [0.25, 0.3) is 0 Å². The first-order chi connectivity index (χ1) is 54.3. The van der Waals surface area contributed by atoms with Crippen LogP contribution in [0.5, 0.6) is 0 Å². The Hall–Kier alpha value is -1.94. The van der Waals surface area contributed by atoms with E-state index in [0.717, 1.165) is 108 Å². The zero-order chi connectivity index (χ0) is 82.2. The maximum atomic E-state index is 13.2. The molecule has 666 valence electrons. The van der Waals surface area contributed by atoms with E-state index in [0.29, 0.717) is 31.6 Å². The molecule has 0 amide bonds. The smallest absolute Gasteiger partial charge is 0.462 e. The highest BCUT2D eigenvalue weighted by atomic mass is 31.2. The SMILES string of the molecule is CCCCCCCCCCCCCCCCCCCCCCCC(=O)OC[C@H](COP(=O)(O)OC[C@@H](O)COP(=O)(O)OC[C@@H](COC(=O)CCCCCCCCCC(C)C)OC(=O)CCCCCCCCCCCCCCCCCCC(C)C)OC(=O)CCCCCCCCCCCCCCCCCCCCC(C)CC. The lowest BCUT2D eigenvalue weighted by atomic mass is 9.99. The summed E-state index contributed by atoms with van der Waals surface area (Å²) in [7, 11) is -9.94. The van der Waals surface area contributed by atoms with Gasteiger partial charge in [0.25, 0.3) is 0 Å². The second kappa shape index (κ2) is 82.7. The molecule has 0 bridgehead atoms. The van der Waals surface area contributed by atoms with Crippen molar-refractivity contribution in [2.24, 2.45) is 17.8 Å². The number of ether oxygens (including phenoxy) is 4. The summed E-state index contributed by atoms with van der Waals surface area (Å²) in [6, 6.07) is 0. The second-order valence-corrected chi connectivity index (χ2v) is 37.5. The molecule has 0 heterocycles. The van der Waals surface area contributed by atoms with Crippen LogP contribution in [-0.4, -0.2) is 96.7 Å². The minimum absolute atomic E-state index is 0.107. The minimum atomic E-state index is -4.97. The van der Waals surface area contributed by atoms with Crippen molar-refractivity contribution in [3.8, 4) is 0 Å². The molecule has 0 aromatic rings. The Bertz CT molecular complexity index is 2150. The van der Waals surface area contributed by atoms with E-state index < -0.39 is 97.5 Å². The Balaban J connectivity index is 5.21. The lowest BCUT2D eigenvalue weighted by Gasteiger charge is -2.21. The molecule has 0 aliphatic rings. The molecular formula is C93H182O17P2. The fourth-order valence-electron chi connectivity index (χ4n) is 14.6. The van der Waals surface area contributed by atoms with Crippen molar-refractivity contribution in [2.75, 3.05) is 39.6 Å². The first kappa shape index (κ1) is 110. The average Bonchev–Trinajstić information content (AvgIpc) is 0.900. The van der Waals surface area contributed by atoms with E-state index in [1.165, 1.54) is 302 Å². The molecule has 0 radical (unpaired) electrons. The Kier molecular flexibility index (Phi) is 81.3. The van der Waals surface area contributed by atoms with Crippen LogP contribution >= 0.6 is 15.6 Å². The molecule has 6 atom stereocenters. The Morgan fingerprint density at radius 2 is 0.455 bits per heavy atom. The van der Waals surface area contributed by atoms with Gasteiger partial charge in [0.05, 0.1) is 26.4 Å². The summed E-state index contributed by atoms with van der Waals surface area (Å²) >= 11 is 0. The first-order valence-corrected chi connectivity index (χ1v) is 50.9. The van der Waals surface area contributed by atoms with Gasteiger partial charge in [-0.15, -0.1) is 0 Å². The van der Waals surface area contributed by atoms with Crippen LogP contribution in [0, 0.1) is 17.8 Å². The highest BCUT2D eigenvalue weighted by molar-refractivity contribution is 7.47. The molecule has 0 aromatic carbocycles. The molecule has 0 spiro atoms. The van der Waals surface area contributed by atoms with Crippen molar-refractivity contribution < 1.29 is 80.2 Å². The lowest BCUT2D eigenvalue weighted by molar-refractivity contribution is -0.161. The Morgan fingerprint density at radius 1 is 0.259 bits per heavy atom. The summed E-state index contributed by atoms with van der Waals surface area (Å²) in [5.41, 5.74) is 0. The van der Waals surface area contributed by atoms with Crippen LogP contribution < -0.4 is 0 Å². The van der Waals surface area contributed by atoms with Crippen molar-refractivity contribution in [1.82, 2.24) is 0 Å². The van der Waals surface area contributed by atoms with Crippen molar-refractivity contribution in [2.45, 2.75) is 516 Å². The predicted molar refractivity (Wildman–Crippen MR) is 465 cm³/mol. The summed E-state index contributed by atoms with van der Waals surface area (Å²) in [6.45, 7) is 12.1. The van der Waals surface area contributed by atoms with Crippen molar-refractivity contribution in [3.63, 3.8) is 0 Å². The highest BCUT2D eigenvalue weighted by Gasteiger charge is 2.31. The third-order valence-electron chi connectivity index (χ3n) is 22.2. The molecule has 0 aliphatic heterocycles. The standard InChI is InChI=1S/C93H182O17P2/c1-8-10-11-12-13-14-15-16-17-18-19-20-21-25-31-36-41-46-53-60-67-74-90(95)103-80-88(109-92(97)76-69-62-54-47-42-37-32-26-23-22-24-30-35-40-45-52-59-66-73-86(7)9-2)82-107-111(99,100)105-78-87(94)79-106-112(101,102)108-83-89(81-104-91(96)75-68-61-56-49-51-58-65-72-85(5)6)110-93(98)77-70-63-55-48-43-38-33-28-27-29-34-39-44-50-57-64-71-84(3)4/h84-89,94H,8-83H2,1-7H3,(H,99,100)(H,101,102)/t86?,87-,88-,89-/m1/s1. The second-order valence-electron chi connectivity index (χ2n) is 34.6. The van der Waals surface area contributed by atoms with Crippen molar-refractivity contribution in [3.05, 3.63) is 0 Å². The molecule has 0 saturated heterocycles. The van der Waals surface area contributed by atoms with Gasteiger partial charge in [0.15, 0.2) is 12.2 Å². The number of phosphoric acid groups is 2. The van der Waals surface area contributed by atoms with Gasteiger partial charge in [0.1, 0.15) is 19.3 Å². The molecule has 3 N–H and O–H groups in total. The molecule has 0 aliphatic carbocycles. The number of hydrogen-bond acceptors (Lipinski definition) is 15. The number of phosphoric ester groups is 2. The number of esters is 4. The Labute approximate surface area is 689 Å². The number of rotatable bonds is 91. The van der Waals surface area contributed by atoms with Crippen LogP contribution in [0.4, 0.5) is 0 Å². The first-order valence-electron chi connectivity index (χ1n) is 47.9. The molecule has 3 unspecified atom stereocenters. The predicted octanol–water partition coefficient (Wildman–Crippen LogP) is 28.8. The fourth-order valence-corrected chi connectivity index (χ4v) is 16.2. The normalized spacial score (nSPS) is 14.0. The summed E-state index contributed by atoms with van der Waals surface area (Å²) in [6.07, 6.45) is 76.6. The maximum Gasteiger partial charge on any atom is 0.472 e. The average molecular weight is 1630 g/mol. The number of hydrogen-bond donors (Lipinski definition) is 3. The topological polar surface area (TPSA) is 237 Å². The third-order valence-corrected chi connectivity index (χ3v) is 24.1. The van der Waals surface area contributed by atoms with Crippen LogP contribution in [0.1, 0.15) is 498 Å². The van der Waals surface area contributed by atoms with Crippen molar-refractivity contribution >= 4 is 39.5 Å². The molecule has 112 heavy (non-hydrogen) atoms. The van der Waals surface area contributed by atoms with Gasteiger partial charge in [0.2, 0.25) is 0 Å². The Morgan fingerprint density at radius 3 is 0.679 bits per heavy atom. The van der Waals surface area contributed by atoms with Gasteiger partial charge in [-0.1, -0.05) is 447 Å². The van der Waals surface area contributed by atoms with Crippen LogP contribution in [0.3, 0.4) is 0 Å². The summed E-state index contributed by atoms with van der Waals surface area (Å²) < 4.78 is 69.1. The van der Waals surface area contributed by atoms with E-state index in [1.807, 2.05) is 0 Å². The fraction of sp³-hybridized carbons (Fsp3) is 0.957. The summed E-state index contributed by atoms with van der Waals surface area (Å²) in [4.78, 5) is 73.4. The van der Waals surface area contributed by atoms with Gasteiger partial charge < -0.3 is 33.8 Å². The van der Waals surface area contributed by atoms with Gasteiger partial charge in [-0.05, 0) is 43.4 Å². The summed E-state index contributed by atoms with van der Waals surface area (Å²) in [5.74, 6) is 0.287. The highest BCUT2D eigenvalue weighted by Crippen LogP contribution is 2.45. The van der Waals surface area contributed by atoms with Crippen LogP contribution in [0.2, 0.25) is 0 Å². The van der Waals surface area contributed by atoms with Gasteiger partial charge in [-0.2, -0.15) is 0 Å². The van der Waals surface area contributed by atoms with Gasteiger partial charge >= 0.3 is 39.5 Å². The molecule has 0 fully saturated rings. The van der Waals surface area contributed by atoms with E-state index in [4.69, 9.17) is 37.0 Å². The van der Waals surface area contributed by atoms with Gasteiger partial charge in [0, 0.05) is 25.7 Å². The van der Waals surface area contributed by atoms with E-state index in [9.17, 15) is 43.2 Å². The van der Waals surface area contributed by atoms with Crippen LogP contribution in [0.15, 0.2) is 0 Å². The molecule has 0 rings (SSSR count). The van der Waals surface area contributed by atoms with Gasteiger partial charge in [-0.3, -0.25) is 37.3 Å². The van der Waals surface area contributed by atoms with E-state index in [-0.39, 0.29) is 25.7 Å². The zero-order valence-electron chi connectivity index (χ0n) is 74.2. The number of unbranched alkanes of at least 4 members (excludes halogenated alkanes) is 58. The number of carbonyl (C=O) groups is 4. The molecule has 19 heteroatoms. The maximum absolute atomic E-state index is 13.2. The van der Waals surface area contributed by atoms with Gasteiger partial charge in [-0.25, -0.2) is 9.13 Å². The minimum Gasteiger partial charge on any atom is -0.462 e.